The van der Waals surface area contributed by atoms with Crippen molar-refractivity contribution < 1.29 is 4.39 Å². The average Bonchev–Trinajstić information content (AvgIpc) is 3.54. The molecule has 1 aromatic rings. The number of rotatable bonds is 8. The van der Waals surface area contributed by atoms with Crippen LogP contribution in [0.5, 0.6) is 0 Å². The van der Waals surface area contributed by atoms with Crippen LogP contribution in [0, 0.1) is 5.82 Å². The Labute approximate surface area is 169 Å². The highest BCUT2D eigenvalue weighted by Crippen LogP contribution is 2.29. The number of halogens is 1. The number of aliphatic imine (C=N–C) groups is 1. The first kappa shape index (κ1) is 20.9. The van der Waals surface area contributed by atoms with Crippen molar-refractivity contribution in [3.63, 3.8) is 0 Å². The fourth-order valence-electron chi connectivity index (χ4n) is 4.00. The molecular formula is C22H36FN5. The number of likely N-dealkylation sites (tertiary alicyclic amines) is 1. The molecule has 156 valence electrons. The summed E-state index contributed by atoms with van der Waals surface area (Å²) in [5.74, 6) is 0.669. The zero-order valence-corrected chi connectivity index (χ0v) is 17.7. The van der Waals surface area contributed by atoms with Gasteiger partial charge in [-0.2, -0.15) is 0 Å². The Balaban J connectivity index is 1.57. The first-order valence-corrected chi connectivity index (χ1v) is 11.0. The van der Waals surface area contributed by atoms with E-state index in [1.54, 1.807) is 6.07 Å². The molecule has 1 aliphatic heterocycles. The van der Waals surface area contributed by atoms with E-state index >= 15 is 0 Å². The van der Waals surface area contributed by atoms with Gasteiger partial charge in [0.2, 0.25) is 0 Å². The number of hydrogen-bond donors (Lipinski definition) is 2. The third-order valence-corrected chi connectivity index (χ3v) is 5.81. The molecule has 0 bridgehead atoms. The van der Waals surface area contributed by atoms with Gasteiger partial charge in [-0.1, -0.05) is 6.07 Å². The van der Waals surface area contributed by atoms with E-state index in [-0.39, 0.29) is 5.82 Å². The lowest BCUT2D eigenvalue weighted by atomic mass is 10.1. The molecule has 0 aromatic heterocycles. The van der Waals surface area contributed by atoms with Crippen LogP contribution in [0.15, 0.2) is 23.2 Å². The minimum absolute atomic E-state index is 0.165. The van der Waals surface area contributed by atoms with Gasteiger partial charge in [0.15, 0.2) is 5.96 Å². The summed E-state index contributed by atoms with van der Waals surface area (Å²) < 4.78 is 14.5. The van der Waals surface area contributed by atoms with E-state index < -0.39 is 0 Å². The SMILES string of the molecule is CCNC(=NCc1ccc(N(CC)CC)c(F)c1)NC1CCN(C2CC2)CC1. The Hall–Kier alpha value is -1.82. The van der Waals surface area contributed by atoms with Gasteiger partial charge in [0.25, 0.3) is 0 Å². The molecule has 5 nitrogen and oxygen atoms in total. The second kappa shape index (κ2) is 10.1. The molecule has 6 heteroatoms. The largest absolute Gasteiger partial charge is 0.370 e. The van der Waals surface area contributed by atoms with E-state index in [1.165, 1.54) is 25.9 Å². The monoisotopic (exact) mass is 389 g/mol. The Morgan fingerprint density at radius 3 is 2.43 bits per heavy atom. The smallest absolute Gasteiger partial charge is 0.191 e. The molecule has 1 aromatic carbocycles. The molecule has 3 rings (SSSR count). The number of anilines is 1. The molecule has 1 aliphatic carbocycles. The van der Waals surface area contributed by atoms with E-state index in [0.717, 1.165) is 50.0 Å². The maximum Gasteiger partial charge on any atom is 0.191 e. The molecule has 2 fully saturated rings. The molecule has 2 N–H and O–H groups in total. The van der Waals surface area contributed by atoms with Crippen LogP contribution in [0.4, 0.5) is 10.1 Å². The van der Waals surface area contributed by atoms with Gasteiger partial charge in [0, 0.05) is 44.8 Å². The Morgan fingerprint density at radius 1 is 1.14 bits per heavy atom. The lowest BCUT2D eigenvalue weighted by Gasteiger charge is -2.33. The maximum absolute atomic E-state index is 14.5. The van der Waals surface area contributed by atoms with E-state index in [9.17, 15) is 4.39 Å². The fourth-order valence-corrected chi connectivity index (χ4v) is 4.00. The highest BCUT2D eigenvalue weighted by atomic mass is 19.1. The number of hydrogen-bond acceptors (Lipinski definition) is 3. The quantitative estimate of drug-likeness (QED) is 0.529. The van der Waals surface area contributed by atoms with Crippen LogP contribution in [0.2, 0.25) is 0 Å². The molecule has 1 heterocycles. The number of nitrogens with one attached hydrogen (secondary N) is 2. The van der Waals surface area contributed by atoms with Gasteiger partial charge in [-0.3, -0.25) is 0 Å². The predicted octanol–water partition coefficient (Wildman–Crippen LogP) is 3.35. The molecule has 1 saturated heterocycles. The summed E-state index contributed by atoms with van der Waals surface area (Å²) in [6.07, 6.45) is 5.08. The molecule has 0 atom stereocenters. The highest BCUT2D eigenvalue weighted by molar-refractivity contribution is 5.80. The molecule has 1 saturated carbocycles. The van der Waals surface area contributed by atoms with Crippen LogP contribution in [0.3, 0.4) is 0 Å². The van der Waals surface area contributed by atoms with Crippen molar-refractivity contribution in [3.8, 4) is 0 Å². The van der Waals surface area contributed by atoms with Crippen LogP contribution < -0.4 is 15.5 Å². The molecule has 0 unspecified atom stereocenters. The summed E-state index contributed by atoms with van der Waals surface area (Å²) in [5, 5.41) is 6.91. The zero-order valence-electron chi connectivity index (χ0n) is 17.7. The zero-order chi connectivity index (χ0) is 19.9. The molecule has 2 aliphatic rings. The molecular weight excluding hydrogens is 353 g/mol. The van der Waals surface area contributed by atoms with Crippen molar-refractivity contribution in [1.82, 2.24) is 15.5 Å². The van der Waals surface area contributed by atoms with Crippen molar-refractivity contribution in [1.29, 1.82) is 0 Å². The topological polar surface area (TPSA) is 42.9 Å². The minimum atomic E-state index is -0.165. The van der Waals surface area contributed by atoms with Gasteiger partial charge in [-0.15, -0.1) is 0 Å². The van der Waals surface area contributed by atoms with E-state index in [0.29, 0.717) is 18.3 Å². The van der Waals surface area contributed by atoms with E-state index in [2.05, 4.69) is 22.5 Å². The third-order valence-electron chi connectivity index (χ3n) is 5.81. The van der Waals surface area contributed by atoms with Crippen molar-refractivity contribution in [2.45, 2.75) is 65.1 Å². The lowest BCUT2D eigenvalue weighted by Crippen LogP contribution is -2.49. The predicted molar refractivity (Wildman–Crippen MR) is 116 cm³/mol. The van der Waals surface area contributed by atoms with Crippen molar-refractivity contribution in [2.75, 3.05) is 37.6 Å². The molecule has 28 heavy (non-hydrogen) atoms. The highest BCUT2D eigenvalue weighted by Gasteiger charge is 2.31. The number of piperidine rings is 1. The van der Waals surface area contributed by atoms with E-state index in [1.807, 2.05) is 30.9 Å². The van der Waals surface area contributed by atoms with Crippen LogP contribution in [-0.2, 0) is 6.54 Å². The van der Waals surface area contributed by atoms with Crippen LogP contribution in [0.25, 0.3) is 0 Å². The average molecular weight is 390 g/mol. The Kier molecular flexibility index (Phi) is 7.54. The summed E-state index contributed by atoms with van der Waals surface area (Å²) in [6.45, 7) is 11.4. The van der Waals surface area contributed by atoms with Crippen LogP contribution >= 0.6 is 0 Å². The van der Waals surface area contributed by atoms with Gasteiger partial charge in [-0.25, -0.2) is 9.38 Å². The third kappa shape index (κ3) is 5.60. The number of guanidine groups is 1. The standard InChI is InChI=1S/C22H36FN5/c1-4-24-22(26-18-11-13-28(14-12-18)19-8-9-19)25-16-17-7-10-21(20(23)15-17)27(5-2)6-3/h7,10,15,18-19H,4-6,8-9,11-14,16H2,1-3H3,(H2,24,25,26). The molecule has 0 radical (unpaired) electrons. The second-order valence-corrected chi connectivity index (χ2v) is 7.84. The van der Waals surface area contributed by atoms with Gasteiger partial charge in [-0.05, 0) is 64.2 Å². The number of benzene rings is 1. The van der Waals surface area contributed by atoms with Crippen molar-refractivity contribution in [2.24, 2.45) is 4.99 Å². The minimum Gasteiger partial charge on any atom is -0.370 e. The summed E-state index contributed by atoms with van der Waals surface area (Å²) in [6, 6.07) is 6.81. The van der Waals surface area contributed by atoms with Crippen molar-refractivity contribution >= 4 is 11.6 Å². The summed E-state index contributed by atoms with van der Waals surface area (Å²) in [5.41, 5.74) is 1.57. The molecule has 0 spiro atoms. The van der Waals surface area contributed by atoms with Crippen molar-refractivity contribution in [3.05, 3.63) is 29.6 Å². The normalized spacial score (nSPS) is 18.9. The van der Waals surface area contributed by atoms with Crippen LogP contribution in [-0.4, -0.2) is 55.7 Å². The number of nitrogens with zero attached hydrogens (tertiary/aromatic N) is 3. The molecule has 0 amide bonds. The Bertz CT molecular complexity index is 646. The van der Waals surface area contributed by atoms with Gasteiger partial charge in [0.05, 0.1) is 12.2 Å². The lowest BCUT2D eigenvalue weighted by molar-refractivity contribution is 0.197. The summed E-state index contributed by atoms with van der Waals surface area (Å²) in [4.78, 5) is 9.36. The fraction of sp³-hybridized carbons (Fsp3) is 0.682. The summed E-state index contributed by atoms with van der Waals surface area (Å²) in [7, 11) is 0. The first-order chi connectivity index (χ1) is 13.6. The van der Waals surface area contributed by atoms with E-state index in [4.69, 9.17) is 4.99 Å². The van der Waals surface area contributed by atoms with Gasteiger partial charge < -0.3 is 20.4 Å². The summed E-state index contributed by atoms with van der Waals surface area (Å²) >= 11 is 0. The first-order valence-electron chi connectivity index (χ1n) is 11.0. The maximum atomic E-state index is 14.5. The second-order valence-electron chi connectivity index (χ2n) is 7.84. The Morgan fingerprint density at radius 2 is 1.86 bits per heavy atom. The van der Waals surface area contributed by atoms with Gasteiger partial charge in [0.1, 0.15) is 5.82 Å². The van der Waals surface area contributed by atoms with Gasteiger partial charge >= 0.3 is 0 Å². The van der Waals surface area contributed by atoms with Crippen LogP contribution in [0.1, 0.15) is 52.0 Å².